The number of likely N-dealkylation sites (N-methyl/N-ethyl adjacent to an activating group) is 1. The van der Waals surface area contributed by atoms with Gasteiger partial charge in [0, 0.05) is 19.2 Å². The molecule has 0 heterocycles. The average molecular weight is 378 g/mol. The van der Waals surface area contributed by atoms with E-state index in [1.807, 2.05) is 54.6 Å². The first-order chi connectivity index (χ1) is 13.6. The molecule has 28 heavy (non-hydrogen) atoms. The number of rotatable bonds is 5. The van der Waals surface area contributed by atoms with Crippen LogP contribution in [0, 0.1) is 0 Å². The van der Waals surface area contributed by atoms with E-state index in [-0.39, 0.29) is 11.9 Å². The first kappa shape index (κ1) is 19.7. The van der Waals surface area contributed by atoms with Gasteiger partial charge in [-0.1, -0.05) is 73.9 Å². The summed E-state index contributed by atoms with van der Waals surface area (Å²) >= 11 is 0. The van der Waals surface area contributed by atoms with Crippen molar-refractivity contribution >= 4 is 17.7 Å². The summed E-state index contributed by atoms with van der Waals surface area (Å²) in [5.41, 5.74) is 3.28. The average Bonchev–Trinajstić information content (AvgIpc) is 2.74. The van der Waals surface area contributed by atoms with Crippen LogP contribution in [0.5, 0.6) is 0 Å². The van der Waals surface area contributed by atoms with Crippen LogP contribution in [0.1, 0.15) is 37.7 Å². The Hall–Kier alpha value is -3.08. The number of carbonyl (C=O) groups is 2. The molecular formula is C23H26N2O3. The summed E-state index contributed by atoms with van der Waals surface area (Å²) in [7, 11) is 1.54. The molecule has 0 radical (unpaired) electrons. The monoisotopic (exact) mass is 378 g/mol. The van der Waals surface area contributed by atoms with Gasteiger partial charge in [0.25, 0.3) is 0 Å². The van der Waals surface area contributed by atoms with Gasteiger partial charge in [0.2, 0.25) is 5.91 Å². The molecule has 146 valence electrons. The van der Waals surface area contributed by atoms with E-state index in [1.165, 1.54) is 11.0 Å². The molecule has 1 aliphatic carbocycles. The maximum atomic E-state index is 12.1. The third kappa shape index (κ3) is 4.60. The molecule has 0 spiro atoms. The predicted octanol–water partition coefficient (Wildman–Crippen LogP) is 4.75. The number of hydrogen-bond acceptors (Lipinski definition) is 2. The Morgan fingerprint density at radius 2 is 1.57 bits per heavy atom. The minimum Gasteiger partial charge on any atom is -0.465 e. The van der Waals surface area contributed by atoms with Crippen LogP contribution >= 0.6 is 0 Å². The topological polar surface area (TPSA) is 69.6 Å². The maximum Gasteiger partial charge on any atom is 0.412 e. The van der Waals surface area contributed by atoms with Gasteiger partial charge in [0.15, 0.2) is 0 Å². The fourth-order valence-corrected chi connectivity index (χ4v) is 3.75. The number of carbonyl (C=O) groups excluding carboxylic acids is 1. The summed E-state index contributed by atoms with van der Waals surface area (Å²) in [6.45, 7) is 0. The zero-order chi connectivity index (χ0) is 19.9. The van der Waals surface area contributed by atoms with E-state index < -0.39 is 6.09 Å². The van der Waals surface area contributed by atoms with Gasteiger partial charge >= 0.3 is 6.09 Å². The second kappa shape index (κ2) is 9.22. The Kier molecular flexibility index (Phi) is 6.48. The molecule has 5 nitrogen and oxygen atoms in total. The molecule has 5 heteroatoms. The lowest BCUT2D eigenvalue weighted by Crippen LogP contribution is -2.39. The Labute approximate surface area is 165 Å². The number of carboxylic acid groups (broad SMARTS) is 1. The zero-order valence-electron chi connectivity index (χ0n) is 16.1. The largest absolute Gasteiger partial charge is 0.465 e. The molecule has 3 rings (SSSR count). The van der Waals surface area contributed by atoms with Gasteiger partial charge in [-0.3, -0.25) is 9.69 Å². The third-order valence-corrected chi connectivity index (χ3v) is 5.21. The fourth-order valence-electron chi connectivity index (χ4n) is 3.75. The molecule has 0 saturated heterocycles. The van der Waals surface area contributed by atoms with E-state index in [0.717, 1.165) is 48.8 Å². The van der Waals surface area contributed by atoms with E-state index in [2.05, 4.69) is 5.32 Å². The molecule has 1 aliphatic rings. The Morgan fingerprint density at radius 3 is 2.14 bits per heavy atom. The summed E-state index contributed by atoms with van der Waals surface area (Å²) in [6, 6.07) is 17.6. The van der Waals surface area contributed by atoms with Gasteiger partial charge in [-0.15, -0.1) is 0 Å². The van der Waals surface area contributed by atoms with Gasteiger partial charge in [-0.05, 0) is 29.5 Å². The molecule has 2 amide bonds. The van der Waals surface area contributed by atoms with Crippen molar-refractivity contribution in [2.75, 3.05) is 7.05 Å². The SMILES string of the molecule is CNC(=O)C=C(c1ccc(-c2ccccc2)cc1)N(C(=O)O)C1CCCCC1. The van der Waals surface area contributed by atoms with Crippen molar-refractivity contribution in [2.45, 2.75) is 38.1 Å². The molecule has 0 aromatic heterocycles. The van der Waals surface area contributed by atoms with Crippen molar-refractivity contribution in [3.8, 4) is 11.1 Å². The van der Waals surface area contributed by atoms with Crippen molar-refractivity contribution < 1.29 is 14.7 Å². The predicted molar refractivity (Wildman–Crippen MR) is 111 cm³/mol. The van der Waals surface area contributed by atoms with Crippen molar-refractivity contribution in [3.63, 3.8) is 0 Å². The molecule has 0 atom stereocenters. The van der Waals surface area contributed by atoms with Gasteiger partial charge < -0.3 is 10.4 Å². The number of nitrogens with zero attached hydrogens (tertiary/aromatic N) is 1. The number of nitrogens with one attached hydrogen (secondary N) is 1. The van der Waals surface area contributed by atoms with Crippen LogP contribution < -0.4 is 5.32 Å². The molecule has 2 N–H and O–H groups in total. The van der Waals surface area contributed by atoms with Crippen LogP contribution in [-0.4, -0.2) is 35.1 Å². The molecule has 1 fully saturated rings. The molecule has 0 aliphatic heterocycles. The van der Waals surface area contributed by atoms with Crippen LogP contribution in [0.2, 0.25) is 0 Å². The Bertz CT molecular complexity index is 838. The Balaban J connectivity index is 1.98. The van der Waals surface area contributed by atoms with E-state index in [9.17, 15) is 14.7 Å². The Morgan fingerprint density at radius 1 is 0.964 bits per heavy atom. The standard InChI is InChI=1S/C23H26N2O3/c1-24-22(26)16-21(25(23(27)28)20-10-6-3-7-11-20)19-14-12-18(13-15-19)17-8-4-2-5-9-17/h2,4-5,8-9,12-16,20H,3,6-7,10-11H2,1H3,(H,24,26)(H,27,28). The highest BCUT2D eigenvalue weighted by Gasteiger charge is 2.29. The van der Waals surface area contributed by atoms with E-state index in [0.29, 0.717) is 5.70 Å². The normalized spacial score (nSPS) is 15.1. The zero-order valence-corrected chi connectivity index (χ0v) is 16.1. The quantitative estimate of drug-likeness (QED) is 0.738. The lowest BCUT2D eigenvalue weighted by molar-refractivity contribution is -0.116. The molecule has 1 saturated carbocycles. The summed E-state index contributed by atoms with van der Waals surface area (Å²) in [5.74, 6) is -0.316. The summed E-state index contributed by atoms with van der Waals surface area (Å²) in [5, 5.41) is 12.5. The summed E-state index contributed by atoms with van der Waals surface area (Å²) in [6.07, 6.45) is 5.15. The van der Waals surface area contributed by atoms with Gasteiger partial charge in [-0.2, -0.15) is 0 Å². The molecular weight excluding hydrogens is 352 g/mol. The van der Waals surface area contributed by atoms with Crippen molar-refractivity contribution in [1.29, 1.82) is 0 Å². The van der Waals surface area contributed by atoms with Crippen molar-refractivity contribution in [1.82, 2.24) is 10.2 Å². The second-order valence-electron chi connectivity index (χ2n) is 7.03. The first-order valence-corrected chi connectivity index (χ1v) is 9.71. The smallest absolute Gasteiger partial charge is 0.412 e. The molecule has 0 unspecified atom stereocenters. The van der Waals surface area contributed by atoms with Crippen molar-refractivity contribution in [2.24, 2.45) is 0 Å². The van der Waals surface area contributed by atoms with E-state index in [4.69, 9.17) is 0 Å². The van der Waals surface area contributed by atoms with Gasteiger partial charge in [0.1, 0.15) is 0 Å². The van der Waals surface area contributed by atoms with Crippen LogP contribution in [-0.2, 0) is 4.79 Å². The first-order valence-electron chi connectivity index (χ1n) is 9.71. The lowest BCUT2D eigenvalue weighted by Gasteiger charge is -2.34. The second-order valence-corrected chi connectivity index (χ2v) is 7.03. The molecule has 2 aromatic rings. The minimum atomic E-state index is -1.02. The van der Waals surface area contributed by atoms with Crippen LogP contribution in [0.15, 0.2) is 60.7 Å². The molecule has 2 aromatic carbocycles. The van der Waals surface area contributed by atoms with Crippen LogP contribution in [0.3, 0.4) is 0 Å². The van der Waals surface area contributed by atoms with Crippen LogP contribution in [0.4, 0.5) is 4.79 Å². The highest BCUT2D eigenvalue weighted by molar-refractivity contribution is 5.97. The van der Waals surface area contributed by atoms with E-state index >= 15 is 0 Å². The fraction of sp³-hybridized carbons (Fsp3) is 0.304. The van der Waals surface area contributed by atoms with E-state index in [1.54, 1.807) is 7.05 Å². The third-order valence-electron chi connectivity index (χ3n) is 5.21. The van der Waals surface area contributed by atoms with Gasteiger partial charge in [0.05, 0.1) is 5.70 Å². The minimum absolute atomic E-state index is 0.101. The highest BCUT2D eigenvalue weighted by Crippen LogP contribution is 2.31. The van der Waals surface area contributed by atoms with Crippen molar-refractivity contribution in [3.05, 3.63) is 66.2 Å². The number of hydrogen-bond donors (Lipinski definition) is 2. The van der Waals surface area contributed by atoms with Crippen LogP contribution in [0.25, 0.3) is 16.8 Å². The maximum absolute atomic E-state index is 12.1. The van der Waals surface area contributed by atoms with Gasteiger partial charge in [-0.25, -0.2) is 4.79 Å². The molecule has 0 bridgehead atoms. The summed E-state index contributed by atoms with van der Waals surface area (Å²) < 4.78 is 0. The number of benzene rings is 2. The highest BCUT2D eigenvalue weighted by atomic mass is 16.4. The number of amides is 2. The summed E-state index contributed by atoms with van der Waals surface area (Å²) in [4.78, 5) is 25.6. The lowest BCUT2D eigenvalue weighted by atomic mass is 9.93.